The van der Waals surface area contributed by atoms with Gasteiger partial charge in [-0.25, -0.2) is 0 Å². The van der Waals surface area contributed by atoms with Crippen LogP contribution in [0.15, 0.2) is 29.0 Å². The molecule has 2 aromatic heterocycles. The smallest absolute Gasteiger partial charge is 0.433 e. The predicted octanol–water partition coefficient (Wildman–Crippen LogP) is 1.98. The van der Waals surface area contributed by atoms with Crippen molar-refractivity contribution >= 4 is 5.91 Å². The number of hydrogen-bond acceptors (Lipinski definition) is 4. The Morgan fingerprint density at radius 3 is 2.77 bits per heavy atom. The van der Waals surface area contributed by atoms with E-state index >= 15 is 0 Å². The van der Waals surface area contributed by atoms with Crippen molar-refractivity contribution < 1.29 is 27.5 Å². The molecule has 9 heteroatoms. The van der Waals surface area contributed by atoms with Crippen molar-refractivity contribution in [2.24, 2.45) is 0 Å². The molecule has 0 saturated heterocycles. The number of nitrogens with one attached hydrogen (secondary N) is 1. The maximum atomic E-state index is 13.1. The lowest BCUT2D eigenvalue weighted by atomic mass is 10.2. The molecular formula is C13H14F3N3O3. The highest BCUT2D eigenvalue weighted by Gasteiger charge is 2.40. The van der Waals surface area contributed by atoms with Gasteiger partial charge in [-0.05, 0) is 19.1 Å². The minimum absolute atomic E-state index is 0.0241. The van der Waals surface area contributed by atoms with Gasteiger partial charge in [-0.15, -0.1) is 0 Å². The predicted molar refractivity (Wildman–Crippen MR) is 68.9 cm³/mol. The number of hydrogen-bond donors (Lipinski definition) is 2. The van der Waals surface area contributed by atoms with Gasteiger partial charge in [0.25, 0.3) is 5.91 Å². The van der Waals surface area contributed by atoms with Crippen LogP contribution in [0.5, 0.6) is 0 Å². The van der Waals surface area contributed by atoms with E-state index in [1.807, 2.05) is 0 Å². The van der Waals surface area contributed by atoms with Crippen LogP contribution in [0.2, 0.25) is 0 Å². The van der Waals surface area contributed by atoms with Gasteiger partial charge in [-0.2, -0.15) is 18.3 Å². The molecule has 0 spiro atoms. The van der Waals surface area contributed by atoms with E-state index in [0.717, 1.165) is 6.20 Å². The minimum atomic E-state index is -4.71. The van der Waals surface area contributed by atoms with Gasteiger partial charge in [0, 0.05) is 6.54 Å². The molecule has 2 rings (SSSR count). The largest absolute Gasteiger partial charge is 0.467 e. The van der Waals surface area contributed by atoms with Gasteiger partial charge in [0.2, 0.25) is 0 Å². The molecule has 0 aliphatic rings. The average molecular weight is 317 g/mol. The standard InChI is InChI=1S/C13H14F3N3O3/c1-2-19-11(13(14,15)16)8(6-17-19)12(21)18-9(7-20)10-4-3-5-22-10/h3-6,9,20H,2,7H2,1H3,(H,18,21). The summed E-state index contributed by atoms with van der Waals surface area (Å²) in [6, 6.07) is 2.11. The van der Waals surface area contributed by atoms with Crippen molar-refractivity contribution in [3.05, 3.63) is 41.6 Å². The molecule has 1 amide bonds. The summed E-state index contributed by atoms with van der Waals surface area (Å²) in [4.78, 5) is 12.1. The highest BCUT2D eigenvalue weighted by molar-refractivity contribution is 5.95. The molecule has 0 aliphatic heterocycles. The number of alkyl halides is 3. The van der Waals surface area contributed by atoms with Gasteiger partial charge in [-0.1, -0.05) is 0 Å². The van der Waals surface area contributed by atoms with E-state index in [1.54, 1.807) is 6.07 Å². The van der Waals surface area contributed by atoms with E-state index in [1.165, 1.54) is 19.3 Å². The molecule has 0 radical (unpaired) electrons. The molecule has 2 aromatic rings. The number of nitrogens with zero attached hydrogens (tertiary/aromatic N) is 2. The fourth-order valence-electron chi connectivity index (χ4n) is 2.02. The van der Waals surface area contributed by atoms with E-state index in [4.69, 9.17) is 4.42 Å². The van der Waals surface area contributed by atoms with Crippen LogP contribution in [-0.4, -0.2) is 27.4 Å². The molecule has 0 saturated carbocycles. The van der Waals surface area contributed by atoms with E-state index < -0.39 is 36.0 Å². The summed E-state index contributed by atoms with van der Waals surface area (Å²) in [7, 11) is 0. The van der Waals surface area contributed by atoms with Gasteiger partial charge in [0.1, 0.15) is 11.8 Å². The number of aryl methyl sites for hydroxylation is 1. The Morgan fingerprint density at radius 1 is 1.55 bits per heavy atom. The van der Waals surface area contributed by atoms with E-state index in [-0.39, 0.29) is 12.3 Å². The summed E-state index contributed by atoms with van der Waals surface area (Å²) in [6.45, 7) is 0.954. The van der Waals surface area contributed by atoms with Crippen LogP contribution in [0.1, 0.15) is 34.8 Å². The van der Waals surface area contributed by atoms with Crippen molar-refractivity contribution in [3.63, 3.8) is 0 Å². The SMILES string of the molecule is CCn1ncc(C(=O)NC(CO)c2ccco2)c1C(F)(F)F. The number of aliphatic hydroxyl groups excluding tert-OH is 1. The van der Waals surface area contributed by atoms with Gasteiger partial charge in [0.05, 0.1) is 24.6 Å². The Labute approximate surface area is 123 Å². The summed E-state index contributed by atoms with van der Waals surface area (Å²) in [5, 5.41) is 15.1. The lowest BCUT2D eigenvalue weighted by molar-refractivity contribution is -0.144. The zero-order chi connectivity index (χ0) is 16.3. The molecule has 0 fully saturated rings. The van der Waals surface area contributed by atoms with Gasteiger partial charge in [-0.3, -0.25) is 9.48 Å². The number of rotatable bonds is 5. The van der Waals surface area contributed by atoms with Crippen molar-refractivity contribution in [1.82, 2.24) is 15.1 Å². The number of aromatic nitrogens is 2. The molecule has 0 aromatic carbocycles. The highest BCUT2D eigenvalue weighted by atomic mass is 19.4. The zero-order valence-electron chi connectivity index (χ0n) is 11.6. The normalized spacial score (nSPS) is 13.1. The van der Waals surface area contributed by atoms with Gasteiger partial charge < -0.3 is 14.8 Å². The van der Waals surface area contributed by atoms with Crippen LogP contribution in [0, 0.1) is 0 Å². The van der Waals surface area contributed by atoms with Crippen molar-refractivity contribution in [1.29, 1.82) is 0 Å². The van der Waals surface area contributed by atoms with Crippen LogP contribution < -0.4 is 5.32 Å². The Bertz CT molecular complexity index is 635. The molecule has 120 valence electrons. The number of carbonyl (C=O) groups is 1. The first-order valence-corrected chi connectivity index (χ1v) is 6.46. The Balaban J connectivity index is 2.28. The summed E-state index contributed by atoms with van der Waals surface area (Å²) in [5.74, 6) is -0.741. The molecule has 2 N–H and O–H groups in total. The van der Waals surface area contributed by atoms with Crippen molar-refractivity contribution in [3.8, 4) is 0 Å². The number of amides is 1. The third-order valence-electron chi connectivity index (χ3n) is 3.03. The molecule has 1 unspecified atom stereocenters. The summed E-state index contributed by atoms with van der Waals surface area (Å²) in [5.41, 5.74) is -1.72. The number of carbonyl (C=O) groups excluding carboxylic acids is 1. The van der Waals surface area contributed by atoms with Crippen LogP contribution in [-0.2, 0) is 12.7 Å². The van der Waals surface area contributed by atoms with Gasteiger partial charge >= 0.3 is 6.18 Å². The molecule has 1 atom stereocenters. The third kappa shape index (κ3) is 3.14. The minimum Gasteiger partial charge on any atom is -0.467 e. The molecular weight excluding hydrogens is 303 g/mol. The van der Waals surface area contributed by atoms with E-state index in [2.05, 4.69) is 10.4 Å². The van der Waals surface area contributed by atoms with E-state index in [9.17, 15) is 23.1 Å². The lowest BCUT2D eigenvalue weighted by Gasteiger charge is -2.15. The fourth-order valence-corrected chi connectivity index (χ4v) is 2.02. The number of halogens is 3. The van der Waals surface area contributed by atoms with Crippen LogP contribution in [0.3, 0.4) is 0 Å². The first-order chi connectivity index (χ1) is 10.4. The molecule has 0 bridgehead atoms. The highest BCUT2D eigenvalue weighted by Crippen LogP contribution is 2.32. The molecule has 2 heterocycles. The van der Waals surface area contributed by atoms with Crippen LogP contribution >= 0.6 is 0 Å². The maximum Gasteiger partial charge on any atom is 0.433 e. The molecule has 6 nitrogen and oxygen atoms in total. The second kappa shape index (κ2) is 6.22. The average Bonchev–Trinajstić information content (AvgIpc) is 3.12. The first kappa shape index (κ1) is 16.1. The molecule has 0 aliphatic carbocycles. The third-order valence-corrected chi connectivity index (χ3v) is 3.03. The fraction of sp³-hybridized carbons (Fsp3) is 0.385. The number of furan rings is 1. The zero-order valence-corrected chi connectivity index (χ0v) is 11.6. The van der Waals surface area contributed by atoms with Crippen molar-refractivity contribution in [2.45, 2.75) is 25.7 Å². The summed E-state index contributed by atoms with van der Waals surface area (Å²) < 4.78 is 45.0. The summed E-state index contributed by atoms with van der Waals surface area (Å²) >= 11 is 0. The maximum absolute atomic E-state index is 13.1. The second-order valence-corrected chi connectivity index (χ2v) is 4.44. The Morgan fingerprint density at radius 2 is 2.27 bits per heavy atom. The quantitative estimate of drug-likeness (QED) is 0.883. The summed E-state index contributed by atoms with van der Waals surface area (Å²) in [6.07, 6.45) is -2.52. The number of aliphatic hydroxyl groups is 1. The van der Waals surface area contributed by atoms with Crippen molar-refractivity contribution in [2.75, 3.05) is 6.61 Å². The first-order valence-electron chi connectivity index (χ1n) is 6.46. The van der Waals surface area contributed by atoms with Crippen LogP contribution in [0.25, 0.3) is 0 Å². The van der Waals surface area contributed by atoms with Gasteiger partial charge in [0.15, 0.2) is 5.69 Å². The lowest BCUT2D eigenvalue weighted by Crippen LogP contribution is -2.32. The molecule has 22 heavy (non-hydrogen) atoms. The van der Waals surface area contributed by atoms with E-state index in [0.29, 0.717) is 4.68 Å². The monoisotopic (exact) mass is 317 g/mol. The second-order valence-electron chi connectivity index (χ2n) is 4.44. The topological polar surface area (TPSA) is 80.3 Å². The van der Waals surface area contributed by atoms with Crippen LogP contribution in [0.4, 0.5) is 13.2 Å². The Hall–Kier alpha value is -2.29. The Kier molecular flexibility index (Phi) is 4.55.